The summed E-state index contributed by atoms with van der Waals surface area (Å²) in [5.74, 6) is 0.791. The van der Waals surface area contributed by atoms with Gasteiger partial charge in [0.25, 0.3) is 0 Å². The van der Waals surface area contributed by atoms with Crippen LogP contribution in [-0.4, -0.2) is 22.4 Å². The summed E-state index contributed by atoms with van der Waals surface area (Å²) in [6.07, 6.45) is 4.06. The van der Waals surface area contributed by atoms with Crippen molar-refractivity contribution < 1.29 is 29.2 Å². The van der Waals surface area contributed by atoms with Crippen LogP contribution in [0.25, 0.3) is 49.3 Å². The number of fused-ring (bicyclic) bond motifs is 12. The summed E-state index contributed by atoms with van der Waals surface area (Å²) in [6.45, 7) is 0. The molecule has 11 aromatic rings. The summed E-state index contributed by atoms with van der Waals surface area (Å²) >= 11 is 0. The molecule has 0 saturated carbocycles. The van der Waals surface area contributed by atoms with E-state index in [1.165, 1.54) is 10.4 Å². The fourth-order valence-corrected chi connectivity index (χ4v) is 14.6. The Bertz CT molecular complexity index is 3370. The zero-order chi connectivity index (χ0) is 38.4. The average Bonchev–Trinajstić information content (AvgIpc) is 3.95. The van der Waals surface area contributed by atoms with Gasteiger partial charge in [-0.1, -0.05) is 125 Å². The molecule has 1 unspecified atom stereocenters. The number of imidazole rings is 1. The first-order valence-electron chi connectivity index (χ1n) is 19.4. The Morgan fingerprint density at radius 3 is 2.12 bits per heavy atom. The zero-order valence-electron chi connectivity index (χ0n) is 31.3. The number of furan rings is 1. The normalized spacial score (nSPS) is 13.7. The van der Waals surface area contributed by atoms with Gasteiger partial charge in [0.05, 0.1) is 5.65 Å². The first-order chi connectivity index (χ1) is 28.7. The Hall–Kier alpha value is -6.69. The first-order valence-corrected chi connectivity index (χ1v) is 21.4. The van der Waals surface area contributed by atoms with E-state index in [1.54, 1.807) is 12.3 Å². The van der Waals surface area contributed by atoms with Crippen LogP contribution < -0.4 is 25.6 Å². The topological polar surface area (TPSA) is 46.6 Å². The van der Waals surface area contributed by atoms with Crippen molar-refractivity contribution in [2.45, 2.75) is 6.17 Å². The van der Waals surface area contributed by atoms with E-state index < -0.39 is 14.2 Å². The molecule has 0 amide bonds. The van der Waals surface area contributed by atoms with Gasteiger partial charge < -0.3 is 13.7 Å². The third kappa shape index (κ3) is 5.11. The van der Waals surface area contributed by atoms with Gasteiger partial charge in [0.15, 0.2) is 8.07 Å². The van der Waals surface area contributed by atoms with Crippen molar-refractivity contribution in [2.24, 2.45) is 0 Å². The molecular formula is C51H31FN4OPdSi. The second kappa shape index (κ2) is 13.7. The second-order valence-corrected chi connectivity index (χ2v) is 18.5. The zero-order valence-corrected chi connectivity index (χ0v) is 33.8. The molecule has 8 heteroatoms. The second-order valence-electron chi connectivity index (χ2n) is 14.8. The SMILES string of the molecule is FC(c1[c-]c(N2c3ccc4c(oc5ccccc54)c3[Si](c3ccccc3)(c3ccccc3)c3cccnc32)ccc1)c1[c-]c2c(cc1)c1ccccc1n1ccnc21.[Pd+2]. The smallest absolute Gasteiger partial charge is 0.456 e. The van der Waals surface area contributed by atoms with Crippen molar-refractivity contribution in [1.29, 1.82) is 0 Å². The van der Waals surface area contributed by atoms with Crippen LogP contribution >= 0.6 is 0 Å². The first kappa shape index (κ1) is 35.5. The van der Waals surface area contributed by atoms with Crippen molar-refractivity contribution >= 4 is 95.3 Å². The van der Waals surface area contributed by atoms with Crippen LogP contribution in [-0.2, 0) is 20.4 Å². The van der Waals surface area contributed by atoms with Crippen molar-refractivity contribution in [2.75, 3.05) is 4.90 Å². The Labute approximate surface area is 353 Å². The molecule has 0 bridgehead atoms. The number of para-hydroxylation sites is 2. The number of pyridine rings is 2. The monoisotopic (exact) mass is 868 g/mol. The summed E-state index contributed by atoms with van der Waals surface area (Å²) in [5.41, 5.74) is 5.91. The minimum atomic E-state index is -3.13. The van der Waals surface area contributed by atoms with Gasteiger partial charge in [-0.3, -0.25) is 4.98 Å². The van der Waals surface area contributed by atoms with Crippen LogP contribution in [0.1, 0.15) is 17.3 Å². The van der Waals surface area contributed by atoms with Gasteiger partial charge in [-0.15, -0.1) is 29.8 Å². The quantitative estimate of drug-likeness (QED) is 0.0983. The molecule has 0 spiro atoms. The van der Waals surface area contributed by atoms with Crippen molar-refractivity contribution in [3.05, 3.63) is 206 Å². The van der Waals surface area contributed by atoms with Gasteiger partial charge in [-0.25, -0.2) is 9.37 Å². The van der Waals surface area contributed by atoms with Gasteiger partial charge in [-0.2, -0.15) is 18.2 Å². The Kier molecular flexibility index (Phi) is 8.25. The molecular weight excluding hydrogens is 838 g/mol. The molecule has 1 aliphatic rings. The Morgan fingerprint density at radius 1 is 0.593 bits per heavy atom. The van der Waals surface area contributed by atoms with Crippen molar-refractivity contribution in [1.82, 2.24) is 14.4 Å². The maximum absolute atomic E-state index is 17.1. The van der Waals surface area contributed by atoms with E-state index >= 15 is 4.39 Å². The summed E-state index contributed by atoms with van der Waals surface area (Å²) in [4.78, 5) is 12.0. The molecule has 5 nitrogen and oxygen atoms in total. The van der Waals surface area contributed by atoms with Crippen molar-refractivity contribution in [3.63, 3.8) is 0 Å². The fourth-order valence-electron chi connectivity index (χ4n) is 9.40. The van der Waals surface area contributed by atoms with Crippen molar-refractivity contribution in [3.8, 4) is 0 Å². The van der Waals surface area contributed by atoms with Gasteiger partial charge >= 0.3 is 20.4 Å². The third-order valence-corrected chi connectivity index (χ3v) is 16.7. The molecule has 1 atom stereocenters. The number of aromatic nitrogens is 3. The molecule has 5 heterocycles. The number of hydrogen-bond donors (Lipinski definition) is 0. The van der Waals surface area contributed by atoms with E-state index in [9.17, 15) is 0 Å². The number of rotatable bonds is 5. The number of alkyl halides is 1. The molecule has 7 aromatic carbocycles. The molecule has 12 rings (SSSR count). The summed E-state index contributed by atoms with van der Waals surface area (Å²) < 4.78 is 26.1. The van der Waals surface area contributed by atoms with Crippen LogP contribution in [0.2, 0.25) is 0 Å². The van der Waals surface area contributed by atoms with Gasteiger partial charge in [0.2, 0.25) is 0 Å². The number of nitrogens with zero attached hydrogens (tertiary/aromatic N) is 4. The van der Waals surface area contributed by atoms with Crippen LogP contribution in [0.15, 0.2) is 187 Å². The van der Waals surface area contributed by atoms with Crippen LogP contribution in [0, 0.1) is 12.1 Å². The molecule has 0 aliphatic carbocycles. The standard InChI is InChI=1S/C51H31FN4OSi.Pd/c52-47(34-24-25-38-39-19-7-9-21-43(39)55-30-29-54-50(55)42(38)32-34)33-13-11-14-35(31-33)56-44-27-26-41-40-20-8-10-22-45(40)57-48(41)49(44)58(36-15-3-1-4-16-36,37-17-5-2-6-18-37)46-23-12-28-53-51(46)56;/h1-30,47H;/q-2;+2. The summed E-state index contributed by atoms with van der Waals surface area (Å²) in [5, 5.41) is 9.61. The molecule has 282 valence electrons. The van der Waals surface area contributed by atoms with E-state index in [2.05, 4.69) is 125 Å². The number of halogens is 1. The molecule has 0 N–H and O–H groups in total. The number of benzene rings is 7. The van der Waals surface area contributed by atoms with Gasteiger partial charge in [-0.05, 0) is 51.3 Å². The number of anilines is 3. The molecule has 0 fully saturated rings. The molecule has 4 aromatic heterocycles. The minimum Gasteiger partial charge on any atom is -0.456 e. The summed E-state index contributed by atoms with van der Waals surface area (Å²) in [7, 11) is -3.13. The third-order valence-electron chi connectivity index (χ3n) is 11.8. The largest absolute Gasteiger partial charge is 2.00 e. The molecule has 0 saturated heterocycles. The van der Waals surface area contributed by atoms with E-state index in [1.807, 2.05) is 71.4 Å². The summed E-state index contributed by atoms with van der Waals surface area (Å²) in [6, 6.07) is 63.2. The molecule has 0 radical (unpaired) electrons. The van der Waals surface area contributed by atoms with E-state index in [-0.39, 0.29) is 20.4 Å². The molecule has 59 heavy (non-hydrogen) atoms. The van der Waals surface area contributed by atoms with Gasteiger partial charge in [0.1, 0.15) is 23.2 Å². The Balaban J connectivity index is 0.00000397. The maximum atomic E-state index is 17.1. The Morgan fingerprint density at radius 2 is 1.31 bits per heavy atom. The van der Waals surface area contributed by atoms with E-state index in [4.69, 9.17) is 9.40 Å². The van der Waals surface area contributed by atoms with Gasteiger partial charge in [0, 0.05) is 45.8 Å². The predicted molar refractivity (Wildman–Crippen MR) is 234 cm³/mol. The fraction of sp³-hybridized carbons (Fsp3) is 0.0196. The van der Waals surface area contributed by atoms with E-state index in [0.29, 0.717) is 16.8 Å². The van der Waals surface area contributed by atoms with E-state index in [0.717, 1.165) is 71.1 Å². The number of hydrogen-bond acceptors (Lipinski definition) is 4. The average molecular weight is 869 g/mol. The van der Waals surface area contributed by atoms with Crippen LogP contribution in [0.5, 0.6) is 0 Å². The van der Waals surface area contributed by atoms with Crippen LogP contribution in [0.3, 0.4) is 0 Å². The molecule has 1 aliphatic heterocycles. The van der Waals surface area contributed by atoms with Crippen LogP contribution in [0.4, 0.5) is 21.6 Å². The predicted octanol–water partition coefficient (Wildman–Crippen LogP) is 9.75. The minimum absolute atomic E-state index is 0. The maximum Gasteiger partial charge on any atom is 2.00 e.